The Morgan fingerprint density at radius 3 is 2.50 bits per heavy atom. The second-order valence-electron chi connectivity index (χ2n) is 6.94. The largest absolute Gasteiger partial charge is 0.342 e. The Hall–Kier alpha value is -3.48. The van der Waals surface area contributed by atoms with Crippen molar-refractivity contribution >= 4 is 22.6 Å². The molecule has 7 nitrogen and oxygen atoms in total. The highest BCUT2D eigenvalue weighted by Gasteiger charge is 2.25. The summed E-state index contributed by atoms with van der Waals surface area (Å²) < 4.78 is 1.32. The molecule has 1 aromatic heterocycles. The minimum absolute atomic E-state index is 0.0623. The summed E-state index contributed by atoms with van der Waals surface area (Å²) in [6, 6.07) is 14.1. The molecule has 142 valence electrons. The highest BCUT2D eigenvalue weighted by Crippen LogP contribution is 2.16. The maximum Gasteiger partial charge on any atom is 0.279 e. The van der Waals surface area contributed by atoms with Crippen molar-refractivity contribution in [2.75, 3.05) is 26.7 Å². The summed E-state index contributed by atoms with van der Waals surface area (Å²) in [6.07, 6.45) is 0. The maximum absolute atomic E-state index is 12.9. The van der Waals surface area contributed by atoms with Crippen LogP contribution in [0.5, 0.6) is 0 Å². The topological polar surface area (TPSA) is 75.5 Å². The number of rotatable bonds is 2. The van der Waals surface area contributed by atoms with E-state index in [1.54, 1.807) is 42.3 Å². The van der Waals surface area contributed by atoms with Gasteiger partial charge in [-0.1, -0.05) is 24.3 Å². The van der Waals surface area contributed by atoms with Crippen LogP contribution in [0.2, 0.25) is 0 Å². The third-order valence-corrected chi connectivity index (χ3v) is 5.07. The molecule has 0 spiro atoms. The fourth-order valence-corrected chi connectivity index (χ4v) is 3.41. The lowest BCUT2D eigenvalue weighted by Gasteiger charge is -2.32. The number of hydrogen-bond acceptors (Lipinski definition) is 4. The summed E-state index contributed by atoms with van der Waals surface area (Å²) in [6.45, 7) is 2.91. The Bertz CT molecular complexity index is 1150. The molecular formula is C21H20N4O3. The van der Waals surface area contributed by atoms with E-state index in [9.17, 15) is 14.4 Å². The van der Waals surface area contributed by atoms with Gasteiger partial charge in [0.05, 0.1) is 16.8 Å². The van der Waals surface area contributed by atoms with Crippen LogP contribution in [0.4, 0.5) is 0 Å². The maximum atomic E-state index is 12.9. The number of hydrogen-bond donors (Lipinski definition) is 0. The molecule has 0 saturated carbocycles. The molecule has 1 aliphatic rings. The zero-order valence-electron chi connectivity index (χ0n) is 15.8. The molecule has 0 unspecified atom stereocenters. The lowest BCUT2D eigenvalue weighted by Crippen LogP contribution is -2.50. The van der Waals surface area contributed by atoms with Crippen molar-refractivity contribution in [3.63, 3.8) is 0 Å². The van der Waals surface area contributed by atoms with E-state index in [0.717, 1.165) is 11.1 Å². The molecule has 3 aromatic rings. The van der Waals surface area contributed by atoms with Crippen LogP contribution < -0.4 is 5.56 Å². The molecule has 28 heavy (non-hydrogen) atoms. The number of aryl methyl sites for hydroxylation is 1. The van der Waals surface area contributed by atoms with Crippen molar-refractivity contribution in [3.05, 3.63) is 70.1 Å². The van der Waals surface area contributed by atoms with Crippen molar-refractivity contribution in [2.45, 2.75) is 6.92 Å². The van der Waals surface area contributed by atoms with Crippen LogP contribution in [0.1, 0.15) is 16.1 Å². The summed E-state index contributed by atoms with van der Waals surface area (Å²) in [7, 11) is 1.73. The number of nitrogens with zero attached hydrogens (tertiary/aromatic N) is 4. The monoisotopic (exact) mass is 376 g/mol. The van der Waals surface area contributed by atoms with Gasteiger partial charge in [-0.2, -0.15) is 9.78 Å². The first-order chi connectivity index (χ1) is 13.5. The summed E-state index contributed by atoms with van der Waals surface area (Å²) in [5.74, 6) is -0.312. The number of aromatic nitrogens is 2. The van der Waals surface area contributed by atoms with Gasteiger partial charge in [0, 0.05) is 31.1 Å². The van der Waals surface area contributed by atoms with Crippen molar-refractivity contribution in [3.8, 4) is 5.69 Å². The second kappa shape index (κ2) is 6.92. The number of piperazine rings is 1. The molecular weight excluding hydrogens is 356 g/mol. The van der Waals surface area contributed by atoms with E-state index >= 15 is 0 Å². The Labute approximate surface area is 161 Å². The Balaban J connectivity index is 1.73. The van der Waals surface area contributed by atoms with E-state index in [1.165, 1.54) is 9.58 Å². The minimum atomic E-state index is -0.236. The Morgan fingerprint density at radius 1 is 1.00 bits per heavy atom. The molecule has 2 heterocycles. The van der Waals surface area contributed by atoms with Gasteiger partial charge in [-0.25, -0.2) is 0 Å². The van der Waals surface area contributed by atoms with Crippen LogP contribution in [0.15, 0.2) is 53.3 Å². The first kappa shape index (κ1) is 17.9. The first-order valence-corrected chi connectivity index (χ1v) is 9.08. The average molecular weight is 376 g/mol. The number of amides is 2. The number of benzene rings is 2. The van der Waals surface area contributed by atoms with Crippen LogP contribution in [0.3, 0.4) is 0 Å². The Morgan fingerprint density at radius 2 is 1.75 bits per heavy atom. The smallest absolute Gasteiger partial charge is 0.279 e. The van der Waals surface area contributed by atoms with Gasteiger partial charge < -0.3 is 9.80 Å². The summed E-state index contributed by atoms with van der Waals surface area (Å²) in [5, 5.41) is 5.82. The van der Waals surface area contributed by atoms with Crippen molar-refractivity contribution in [2.24, 2.45) is 0 Å². The molecule has 0 N–H and O–H groups in total. The van der Waals surface area contributed by atoms with Crippen LogP contribution in [0, 0.1) is 6.92 Å². The number of fused-ring (bicyclic) bond motifs is 1. The van der Waals surface area contributed by atoms with Gasteiger partial charge in [-0.15, -0.1) is 0 Å². The Kier molecular flexibility index (Phi) is 4.43. The first-order valence-electron chi connectivity index (χ1n) is 9.08. The fourth-order valence-electron chi connectivity index (χ4n) is 3.41. The molecule has 4 rings (SSSR count). The third-order valence-electron chi connectivity index (χ3n) is 5.07. The standard InChI is InChI=1S/C21H20N4O3/c1-14-17-8-3-4-9-18(17)21(28)25(22-14)16-7-5-6-15(12-16)20(27)24-11-10-23(2)19(26)13-24/h3-9,12H,10-11,13H2,1-2H3. The van der Waals surface area contributed by atoms with Crippen molar-refractivity contribution in [1.29, 1.82) is 0 Å². The molecule has 1 aliphatic heterocycles. The predicted molar refractivity (Wildman–Crippen MR) is 106 cm³/mol. The molecule has 7 heteroatoms. The average Bonchev–Trinajstić information content (AvgIpc) is 2.72. The molecule has 0 bridgehead atoms. The molecule has 0 radical (unpaired) electrons. The zero-order valence-corrected chi connectivity index (χ0v) is 15.8. The van der Waals surface area contributed by atoms with Gasteiger partial charge >= 0.3 is 0 Å². The highest BCUT2D eigenvalue weighted by molar-refractivity contribution is 5.97. The summed E-state index contributed by atoms with van der Waals surface area (Å²) in [4.78, 5) is 40.8. The van der Waals surface area contributed by atoms with Gasteiger partial charge in [0.1, 0.15) is 6.54 Å². The highest BCUT2D eigenvalue weighted by atomic mass is 16.2. The van der Waals surface area contributed by atoms with E-state index in [4.69, 9.17) is 0 Å². The molecule has 2 amide bonds. The van der Waals surface area contributed by atoms with Gasteiger partial charge in [0.15, 0.2) is 0 Å². The molecule has 1 fully saturated rings. The number of carbonyl (C=O) groups is 2. The van der Waals surface area contributed by atoms with Gasteiger partial charge in [-0.05, 0) is 31.2 Å². The SMILES string of the molecule is Cc1nn(-c2cccc(C(=O)N3CCN(C)C(=O)C3)c2)c(=O)c2ccccc12. The molecule has 2 aromatic carbocycles. The van der Waals surface area contributed by atoms with Crippen molar-refractivity contribution in [1.82, 2.24) is 19.6 Å². The predicted octanol–water partition coefficient (Wildman–Crippen LogP) is 1.61. The summed E-state index contributed by atoms with van der Waals surface area (Å²) >= 11 is 0. The zero-order chi connectivity index (χ0) is 19.8. The van der Waals surface area contributed by atoms with E-state index in [2.05, 4.69) is 5.10 Å². The van der Waals surface area contributed by atoms with Crippen molar-refractivity contribution < 1.29 is 9.59 Å². The minimum Gasteiger partial charge on any atom is -0.342 e. The normalized spacial score (nSPS) is 14.6. The fraction of sp³-hybridized carbons (Fsp3) is 0.238. The summed E-state index contributed by atoms with van der Waals surface area (Å²) in [5.41, 5.74) is 1.44. The molecule has 1 saturated heterocycles. The third kappa shape index (κ3) is 3.05. The van der Waals surface area contributed by atoms with Gasteiger partial charge in [0.2, 0.25) is 5.91 Å². The van der Waals surface area contributed by atoms with E-state index < -0.39 is 0 Å². The van der Waals surface area contributed by atoms with Crippen LogP contribution in [-0.2, 0) is 4.79 Å². The number of carbonyl (C=O) groups excluding carboxylic acids is 2. The van der Waals surface area contributed by atoms with E-state index in [1.807, 2.05) is 25.1 Å². The molecule has 0 aliphatic carbocycles. The lowest BCUT2D eigenvalue weighted by molar-refractivity contribution is -0.133. The second-order valence-corrected chi connectivity index (χ2v) is 6.94. The van der Waals surface area contributed by atoms with Gasteiger partial charge in [0.25, 0.3) is 11.5 Å². The van der Waals surface area contributed by atoms with E-state index in [0.29, 0.717) is 29.7 Å². The number of likely N-dealkylation sites (N-methyl/N-ethyl adjacent to an activating group) is 1. The van der Waals surface area contributed by atoms with E-state index in [-0.39, 0.29) is 23.9 Å². The quantitative estimate of drug-likeness (QED) is 0.681. The lowest BCUT2D eigenvalue weighted by atomic mass is 10.1. The van der Waals surface area contributed by atoms with Crippen LogP contribution >= 0.6 is 0 Å². The van der Waals surface area contributed by atoms with Crippen LogP contribution in [-0.4, -0.2) is 58.1 Å². The molecule has 0 atom stereocenters. The van der Waals surface area contributed by atoms with Gasteiger partial charge in [-0.3, -0.25) is 14.4 Å². The van der Waals surface area contributed by atoms with Crippen LogP contribution in [0.25, 0.3) is 16.5 Å².